The van der Waals surface area contributed by atoms with Crippen molar-refractivity contribution in [2.45, 2.75) is 12.5 Å². The lowest BCUT2D eigenvalue weighted by atomic mass is 9.80. The quantitative estimate of drug-likeness (QED) is 0.0551. The van der Waals surface area contributed by atoms with Gasteiger partial charge < -0.3 is 61.6 Å². The molecular formula is C45H68O13. The molecule has 3 aromatic carbocycles. The highest BCUT2D eigenvalue weighted by Gasteiger charge is 2.37. The van der Waals surface area contributed by atoms with Crippen molar-refractivity contribution < 1.29 is 61.6 Å². The molecule has 0 N–H and O–H groups in total. The molecule has 0 aromatic heterocycles. The van der Waals surface area contributed by atoms with Crippen LogP contribution in [0.2, 0.25) is 0 Å². The summed E-state index contributed by atoms with van der Waals surface area (Å²) in [6.45, 7) is 14.9. The molecule has 0 aliphatic rings. The van der Waals surface area contributed by atoms with Gasteiger partial charge in [-0.1, -0.05) is 91.0 Å². The van der Waals surface area contributed by atoms with Gasteiger partial charge in [0.05, 0.1) is 159 Å². The molecule has 0 radical (unpaired) electrons. The Kier molecular flexibility index (Phi) is 30.8. The van der Waals surface area contributed by atoms with Crippen LogP contribution in [0.1, 0.15) is 23.6 Å². The third-order valence-electron chi connectivity index (χ3n) is 8.38. The van der Waals surface area contributed by atoms with Crippen LogP contribution in [0.15, 0.2) is 91.0 Å². The molecule has 0 unspecified atom stereocenters. The molecule has 0 atom stereocenters. The van der Waals surface area contributed by atoms with Crippen LogP contribution >= 0.6 is 0 Å². The van der Waals surface area contributed by atoms with Gasteiger partial charge in [-0.2, -0.15) is 0 Å². The first-order valence-corrected chi connectivity index (χ1v) is 20.6. The van der Waals surface area contributed by atoms with E-state index in [0.29, 0.717) is 165 Å². The Morgan fingerprint density at radius 3 is 0.655 bits per heavy atom. The fourth-order valence-electron chi connectivity index (χ4n) is 5.59. The molecule has 0 aliphatic heterocycles. The minimum absolute atomic E-state index is 0.414. The van der Waals surface area contributed by atoms with E-state index in [0.717, 1.165) is 16.7 Å². The molecule has 0 saturated carbocycles. The summed E-state index contributed by atoms with van der Waals surface area (Å²) in [7, 11) is 0. The average molecular weight is 817 g/mol. The Hall–Kier alpha value is -2.86. The zero-order valence-electron chi connectivity index (χ0n) is 34.6. The van der Waals surface area contributed by atoms with Gasteiger partial charge in [0.15, 0.2) is 0 Å². The summed E-state index contributed by atoms with van der Waals surface area (Å²) in [5.74, 6) is 0. The van der Waals surface area contributed by atoms with Gasteiger partial charge in [0.1, 0.15) is 5.60 Å². The van der Waals surface area contributed by atoms with Crippen LogP contribution in [0.3, 0.4) is 0 Å². The predicted molar refractivity (Wildman–Crippen MR) is 221 cm³/mol. The van der Waals surface area contributed by atoms with Crippen LogP contribution in [0, 0.1) is 0 Å². The van der Waals surface area contributed by atoms with E-state index in [1.54, 1.807) is 0 Å². The summed E-state index contributed by atoms with van der Waals surface area (Å²) in [6.07, 6.45) is 0. The van der Waals surface area contributed by atoms with Gasteiger partial charge >= 0.3 is 0 Å². The fraction of sp³-hybridized carbons (Fsp3) is 0.600. The average Bonchev–Trinajstić information content (AvgIpc) is 3.27. The lowest BCUT2D eigenvalue weighted by Gasteiger charge is -2.36. The summed E-state index contributed by atoms with van der Waals surface area (Å²) in [5, 5.41) is 0. The lowest BCUT2D eigenvalue weighted by Crippen LogP contribution is -2.34. The second-order valence-corrected chi connectivity index (χ2v) is 12.6. The van der Waals surface area contributed by atoms with Crippen molar-refractivity contribution in [3.05, 3.63) is 108 Å². The maximum atomic E-state index is 6.73. The summed E-state index contributed by atoms with van der Waals surface area (Å²) >= 11 is 0. The Balaban J connectivity index is 1.03. The number of benzene rings is 3. The SMILES string of the molecule is CCOCCOCCOCCOCCOCCOCCOCCOCCOCCOCCOCCOCCOC(c1ccccc1)(c1ccccc1)c1ccccc1. The highest BCUT2D eigenvalue weighted by molar-refractivity contribution is 5.47. The van der Waals surface area contributed by atoms with Crippen LogP contribution in [-0.4, -0.2) is 165 Å². The van der Waals surface area contributed by atoms with Crippen molar-refractivity contribution in [3.63, 3.8) is 0 Å². The molecule has 0 aliphatic carbocycles. The maximum Gasteiger partial charge on any atom is 0.143 e. The zero-order valence-corrected chi connectivity index (χ0v) is 34.6. The van der Waals surface area contributed by atoms with Crippen LogP contribution in [0.25, 0.3) is 0 Å². The van der Waals surface area contributed by atoms with Crippen molar-refractivity contribution in [2.75, 3.05) is 165 Å². The monoisotopic (exact) mass is 816 g/mol. The number of hydrogen-bond donors (Lipinski definition) is 0. The lowest BCUT2D eigenvalue weighted by molar-refractivity contribution is -0.0399. The molecule has 0 saturated heterocycles. The topological polar surface area (TPSA) is 120 Å². The molecular weight excluding hydrogens is 748 g/mol. The Morgan fingerprint density at radius 2 is 0.448 bits per heavy atom. The van der Waals surface area contributed by atoms with E-state index < -0.39 is 5.60 Å². The molecule has 13 heteroatoms. The molecule has 3 aromatic rings. The van der Waals surface area contributed by atoms with Gasteiger partial charge in [0.2, 0.25) is 0 Å². The van der Waals surface area contributed by atoms with Crippen LogP contribution < -0.4 is 0 Å². The van der Waals surface area contributed by atoms with E-state index in [1.165, 1.54) is 0 Å². The Labute approximate surface area is 346 Å². The van der Waals surface area contributed by atoms with Crippen molar-refractivity contribution >= 4 is 0 Å². The second-order valence-electron chi connectivity index (χ2n) is 12.6. The van der Waals surface area contributed by atoms with Gasteiger partial charge in [-0.3, -0.25) is 0 Å². The molecule has 13 nitrogen and oxygen atoms in total. The summed E-state index contributed by atoms with van der Waals surface area (Å²) in [5.41, 5.74) is 2.45. The number of ether oxygens (including phenoxy) is 13. The van der Waals surface area contributed by atoms with Crippen molar-refractivity contribution in [1.29, 1.82) is 0 Å². The van der Waals surface area contributed by atoms with Crippen LogP contribution in [0.4, 0.5) is 0 Å². The minimum Gasteiger partial charge on any atom is -0.379 e. The standard InChI is InChI=1S/C45H68O13/c1-2-46-18-19-47-20-21-48-22-23-49-24-25-50-26-27-51-28-29-52-30-31-53-32-33-54-34-35-55-36-37-56-38-39-57-40-41-58-45(42-12-6-3-7-13-42,43-14-8-4-9-15-43)44-16-10-5-11-17-44/h3-17H,2,18-41H2,1H3. The van der Waals surface area contributed by atoms with E-state index in [-0.39, 0.29) is 0 Å². The first-order chi connectivity index (χ1) is 28.9. The Bertz CT molecular complexity index is 1190. The van der Waals surface area contributed by atoms with Gasteiger partial charge in [-0.15, -0.1) is 0 Å². The molecule has 3 rings (SSSR count). The first-order valence-electron chi connectivity index (χ1n) is 20.6. The highest BCUT2D eigenvalue weighted by atomic mass is 16.6. The zero-order chi connectivity index (χ0) is 40.7. The fourth-order valence-corrected chi connectivity index (χ4v) is 5.59. The number of rotatable bonds is 41. The van der Waals surface area contributed by atoms with Crippen LogP contribution in [-0.2, 0) is 67.2 Å². The molecule has 326 valence electrons. The van der Waals surface area contributed by atoms with Gasteiger partial charge in [-0.25, -0.2) is 0 Å². The first kappa shape index (κ1) is 49.5. The third-order valence-corrected chi connectivity index (χ3v) is 8.38. The van der Waals surface area contributed by atoms with Gasteiger partial charge in [-0.05, 0) is 23.6 Å². The van der Waals surface area contributed by atoms with Crippen LogP contribution in [0.5, 0.6) is 0 Å². The van der Waals surface area contributed by atoms with Gasteiger partial charge in [0.25, 0.3) is 0 Å². The van der Waals surface area contributed by atoms with E-state index in [9.17, 15) is 0 Å². The smallest absolute Gasteiger partial charge is 0.143 e. The maximum absolute atomic E-state index is 6.73. The van der Waals surface area contributed by atoms with Crippen molar-refractivity contribution in [1.82, 2.24) is 0 Å². The molecule has 0 spiro atoms. The second kappa shape index (κ2) is 36.0. The molecule has 0 heterocycles. The summed E-state index contributed by atoms with van der Waals surface area (Å²) in [4.78, 5) is 0. The van der Waals surface area contributed by atoms with Gasteiger partial charge in [0, 0.05) is 6.61 Å². The largest absolute Gasteiger partial charge is 0.379 e. The van der Waals surface area contributed by atoms with E-state index in [2.05, 4.69) is 36.4 Å². The molecule has 0 amide bonds. The van der Waals surface area contributed by atoms with Crippen molar-refractivity contribution in [3.8, 4) is 0 Å². The molecule has 0 fully saturated rings. The summed E-state index contributed by atoms with van der Waals surface area (Å²) < 4.78 is 72.9. The predicted octanol–water partition coefficient (Wildman–Crippen LogP) is 5.21. The third kappa shape index (κ3) is 23.1. The van der Waals surface area contributed by atoms with E-state index in [4.69, 9.17) is 61.6 Å². The Morgan fingerprint density at radius 1 is 0.259 bits per heavy atom. The summed E-state index contributed by atoms with van der Waals surface area (Å²) in [6, 6.07) is 31.0. The normalized spacial score (nSPS) is 11.7. The molecule has 58 heavy (non-hydrogen) atoms. The van der Waals surface area contributed by atoms with E-state index >= 15 is 0 Å². The highest BCUT2D eigenvalue weighted by Crippen LogP contribution is 2.40. The number of hydrogen-bond acceptors (Lipinski definition) is 13. The van der Waals surface area contributed by atoms with E-state index in [1.807, 2.05) is 61.5 Å². The molecule has 0 bridgehead atoms. The minimum atomic E-state index is -0.753. The van der Waals surface area contributed by atoms with Crippen molar-refractivity contribution in [2.24, 2.45) is 0 Å².